The number of amides is 2. The zero-order chi connectivity index (χ0) is 28.2. The van der Waals surface area contributed by atoms with Crippen molar-refractivity contribution in [3.63, 3.8) is 0 Å². The van der Waals surface area contributed by atoms with Crippen LogP contribution in [0.5, 0.6) is 0 Å². The number of aromatic nitrogens is 2. The van der Waals surface area contributed by atoms with Crippen LogP contribution in [0, 0.1) is 0 Å². The molecule has 0 saturated carbocycles. The zero-order valence-corrected chi connectivity index (χ0v) is 25.3. The molecule has 1 unspecified atom stereocenters. The molecule has 3 aromatic rings. The Kier molecular flexibility index (Phi) is 9.45. The van der Waals surface area contributed by atoms with Crippen molar-refractivity contribution in [3.05, 3.63) is 51.4 Å². The van der Waals surface area contributed by atoms with Gasteiger partial charge in [-0.2, -0.15) is 0 Å². The van der Waals surface area contributed by atoms with Gasteiger partial charge in [0, 0.05) is 10.4 Å². The van der Waals surface area contributed by atoms with Gasteiger partial charge in [-0.25, -0.2) is 4.79 Å². The summed E-state index contributed by atoms with van der Waals surface area (Å²) in [5, 5.41) is 14.4. The van der Waals surface area contributed by atoms with E-state index in [9.17, 15) is 14.4 Å². The summed E-state index contributed by atoms with van der Waals surface area (Å²) < 4.78 is 5.88. The number of ether oxygens (including phenoxy) is 1. The van der Waals surface area contributed by atoms with E-state index in [-0.39, 0.29) is 29.8 Å². The van der Waals surface area contributed by atoms with Crippen LogP contribution < -0.4 is 10.6 Å². The van der Waals surface area contributed by atoms with Gasteiger partial charge in [-0.1, -0.05) is 62.4 Å². The second kappa shape index (κ2) is 12.6. The van der Waals surface area contributed by atoms with Crippen LogP contribution in [-0.2, 0) is 27.8 Å². The van der Waals surface area contributed by atoms with Crippen molar-refractivity contribution in [2.24, 2.45) is 0 Å². The van der Waals surface area contributed by atoms with Gasteiger partial charge in [-0.3, -0.25) is 14.9 Å². The lowest BCUT2D eigenvalue weighted by atomic mass is 9.87. The van der Waals surface area contributed by atoms with E-state index >= 15 is 0 Å². The first-order chi connectivity index (χ1) is 18.6. The van der Waals surface area contributed by atoms with Crippen LogP contribution in [0.15, 0.2) is 28.6 Å². The van der Waals surface area contributed by atoms with Gasteiger partial charge in [-0.05, 0) is 68.2 Å². The molecule has 4 rings (SSSR count). The maximum atomic E-state index is 13.1. The molecule has 8 nitrogen and oxygen atoms in total. The van der Waals surface area contributed by atoms with Crippen molar-refractivity contribution in [2.45, 2.75) is 81.7 Å². The predicted molar refractivity (Wildman–Crippen MR) is 158 cm³/mol. The molecule has 0 fully saturated rings. The molecule has 2 aromatic heterocycles. The molecule has 0 radical (unpaired) electrons. The number of esters is 1. The van der Waals surface area contributed by atoms with Crippen LogP contribution in [0.25, 0.3) is 0 Å². The van der Waals surface area contributed by atoms with E-state index in [0.29, 0.717) is 25.6 Å². The molecular weight excluding hydrogens is 553 g/mol. The van der Waals surface area contributed by atoms with Crippen LogP contribution in [0.2, 0.25) is 0 Å². The average molecular weight is 587 g/mol. The van der Waals surface area contributed by atoms with E-state index in [1.165, 1.54) is 34.4 Å². The Morgan fingerprint density at radius 1 is 1.03 bits per heavy atom. The van der Waals surface area contributed by atoms with Crippen molar-refractivity contribution in [2.75, 3.05) is 17.2 Å². The van der Waals surface area contributed by atoms with Gasteiger partial charge in [-0.15, -0.1) is 21.5 Å². The maximum absolute atomic E-state index is 13.1. The third kappa shape index (κ3) is 7.26. The van der Waals surface area contributed by atoms with E-state index in [2.05, 4.69) is 41.6 Å². The van der Waals surface area contributed by atoms with E-state index in [1.54, 1.807) is 26.0 Å². The highest BCUT2D eigenvalue weighted by Gasteiger charge is 2.28. The fourth-order valence-corrected chi connectivity index (χ4v) is 7.44. The lowest BCUT2D eigenvalue weighted by Crippen LogP contribution is -2.23. The summed E-state index contributed by atoms with van der Waals surface area (Å²) >= 11 is 3.94. The van der Waals surface area contributed by atoms with Crippen molar-refractivity contribution < 1.29 is 19.1 Å². The monoisotopic (exact) mass is 586 g/mol. The number of nitrogens with one attached hydrogen (secondary N) is 2. The summed E-state index contributed by atoms with van der Waals surface area (Å²) in [7, 11) is 0. The Labute approximate surface area is 241 Å². The average Bonchev–Trinajstić information content (AvgIpc) is 3.39. The van der Waals surface area contributed by atoms with Gasteiger partial charge in [0.2, 0.25) is 11.0 Å². The topological polar surface area (TPSA) is 110 Å². The first kappa shape index (κ1) is 29.2. The summed E-state index contributed by atoms with van der Waals surface area (Å²) in [6.07, 6.45) is 4.96. The Morgan fingerprint density at radius 3 is 2.44 bits per heavy atom. The minimum absolute atomic E-state index is 0.00592. The normalized spacial score (nSPS) is 14.2. The number of rotatable bonds is 8. The predicted octanol–water partition coefficient (Wildman–Crippen LogP) is 6.71. The van der Waals surface area contributed by atoms with Crippen molar-refractivity contribution >= 4 is 62.4 Å². The fraction of sp³-hybridized carbons (Fsp3) is 0.464. The van der Waals surface area contributed by atoms with E-state index in [0.717, 1.165) is 48.1 Å². The summed E-state index contributed by atoms with van der Waals surface area (Å²) in [5.74, 6) is -0.885. The third-order valence-corrected chi connectivity index (χ3v) is 9.65. The largest absolute Gasteiger partial charge is 0.462 e. The van der Waals surface area contributed by atoms with Crippen LogP contribution >= 0.6 is 34.4 Å². The second-order valence-electron chi connectivity index (χ2n) is 10.4. The highest BCUT2D eigenvalue weighted by atomic mass is 32.2. The number of hydrogen-bond acceptors (Lipinski definition) is 9. The molecule has 0 aliphatic heterocycles. The van der Waals surface area contributed by atoms with E-state index in [4.69, 9.17) is 4.74 Å². The van der Waals surface area contributed by atoms with Crippen molar-refractivity contribution in [3.8, 4) is 0 Å². The Morgan fingerprint density at radius 2 is 1.74 bits per heavy atom. The summed E-state index contributed by atoms with van der Waals surface area (Å²) in [6.45, 7) is 10.2. The standard InChI is InChI=1S/C28H34N4O4S3/c1-6-36-25(35)21-19-10-8-7-9-11-20(19)38-24(21)29-22(33)16(2)37-27-32-31-26(39-27)30-23(34)17-12-14-18(15-13-17)28(3,4)5/h12-16H,6-11H2,1-5H3,(H,29,33)(H,30,31,34). The number of carbonyl (C=O) groups excluding carboxylic acids is 3. The molecule has 0 spiro atoms. The highest BCUT2D eigenvalue weighted by Crippen LogP contribution is 2.39. The molecule has 2 amide bonds. The van der Waals surface area contributed by atoms with Crippen molar-refractivity contribution in [1.82, 2.24) is 10.2 Å². The molecule has 2 N–H and O–H groups in total. The van der Waals surface area contributed by atoms with E-state index < -0.39 is 5.25 Å². The van der Waals surface area contributed by atoms with Gasteiger partial charge < -0.3 is 10.1 Å². The number of anilines is 2. The third-order valence-electron chi connectivity index (χ3n) is 6.42. The molecule has 39 heavy (non-hydrogen) atoms. The molecule has 0 bridgehead atoms. The van der Waals surface area contributed by atoms with E-state index in [1.807, 2.05) is 12.1 Å². The molecule has 1 atom stereocenters. The summed E-state index contributed by atoms with van der Waals surface area (Å²) in [6, 6.07) is 7.51. The number of carbonyl (C=O) groups is 3. The molecule has 11 heteroatoms. The van der Waals surface area contributed by atoms with Crippen LogP contribution in [0.3, 0.4) is 0 Å². The number of nitrogens with zero attached hydrogens (tertiary/aromatic N) is 2. The van der Waals surface area contributed by atoms with Gasteiger partial charge in [0.15, 0.2) is 4.34 Å². The molecule has 0 saturated heterocycles. The zero-order valence-electron chi connectivity index (χ0n) is 22.9. The molecule has 1 aromatic carbocycles. The smallest absolute Gasteiger partial charge is 0.341 e. The van der Waals surface area contributed by atoms with Gasteiger partial charge in [0.1, 0.15) is 5.00 Å². The quantitative estimate of drug-likeness (QED) is 0.131. The number of thioether (sulfide) groups is 1. The van der Waals surface area contributed by atoms with Gasteiger partial charge >= 0.3 is 5.97 Å². The van der Waals surface area contributed by atoms with Crippen LogP contribution in [0.4, 0.5) is 10.1 Å². The summed E-state index contributed by atoms with van der Waals surface area (Å²) in [4.78, 5) is 39.7. The lowest BCUT2D eigenvalue weighted by molar-refractivity contribution is -0.115. The number of thiophene rings is 1. The molecular formula is C28H34N4O4S3. The lowest BCUT2D eigenvalue weighted by Gasteiger charge is -2.18. The molecule has 1 aliphatic rings. The number of fused-ring (bicyclic) bond motifs is 1. The highest BCUT2D eigenvalue weighted by molar-refractivity contribution is 8.02. The SMILES string of the molecule is CCOC(=O)c1c(NC(=O)C(C)Sc2nnc(NC(=O)c3ccc(C(C)(C)C)cc3)s2)sc2c1CCCCC2. The van der Waals surface area contributed by atoms with Crippen LogP contribution in [0.1, 0.15) is 90.6 Å². The Hall–Kier alpha value is -2.76. The maximum Gasteiger partial charge on any atom is 0.341 e. The first-order valence-corrected chi connectivity index (χ1v) is 15.6. The minimum atomic E-state index is -0.497. The first-order valence-electron chi connectivity index (χ1n) is 13.1. The summed E-state index contributed by atoms with van der Waals surface area (Å²) in [5.41, 5.74) is 3.21. The van der Waals surface area contributed by atoms with Gasteiger partial charge in [0.05, 0.1) is 17.4 Å². The molecule has 2 heterocycles. The Balaban J connectivity index is 1.39. The Bertz CT molecular complexity index is 1340. The fourth-order valence-electron chi connectivity index (χ4n) is 4.27. The minimum Gasteiger partial charge on any atom is -0.462 e. The van der Waals surface area contributed by atoms with Crippen molar-refractivity contribution in [1.29, 1.82) is 0 Å². The molecule has 1 aliphatic carbocycles. The van der Waals surface area contributed by atoms with Crippen LogP contribution in [-0.4, -0.2) is 39.8 Å². The molecule has 208 valence electrons. The number of hydrogen-bond donors (Lipinski definition) is 2. The second-order valence-corrected chi connectivity index (χ2v) is 14.1. The number of aryl methyl sites for hydroxylation is 1. The number of benzene rings is 1. The van der Waals surface area contributed by atoms with Gasteiger partial charge in [0.25, 0.3) is 5.91 Å².